The number of benzene rings is 1. The monoisotopic (exact) mass is 371 g/mol. The molecule has 3 rings (SSSR count). The highest BCUT2D eigenvalue weighted by atomic mass is 32.1. The predicted molar refractivity (Wildman–Crippen MR) is 96.7 cm³/mol. The largest absolute Gasteiger partial charge is 0.456 e. The van der Waals surface area contributed by atoms with Crippen LogP contribution in [0.2, 0.25) is 0 Å². The third-order valence-corrected chi connectivity index (χ3v) is 4.16. The highest BCUT2D eigenvalue weighted by Gasteiger charge is 2.12. The van der Waals surface area contributed by atoms with E-state index in [0.717, 1.165) is 11.1 Å². The summed E-state index contributed by atoms with van der Waals surface area (Å²) in [6, 6.07) is 9.22. The molecular formula is C18H17N3O4S. The van der Waals surface area contributed by atoms with Crippen molar-refractivity contribution in [2.45, 2.75) is 19.8 Å². The number of nitrogens with one attached hydrogen (secondary N) is 1. The Morgan fingerprint density at radius 2 is 2.00 bits per heavy atom. The number of hydrogen-bond acceptors (Lipinski definition) is 7. The lowest BCUT2D eigenvalue weighted by atomic mass is 10.2. The third-order valence-electron chi connectivity index (χ3n) is 3.48. The molecule has 1 N–H and O–H groups in total. The van der Waals surface area contributed by atoms with Gasteiger partial charge < -0.3 is 14.5 Å². The van der Waals surface area contributed by atoms with E-state index in [1.165, 1.54) is 11.3 Å². The molecule has 3 aromatic rings. The van der Waals surface area contributed by atoms with E-state index in [1.807, 2.05) is 35.9 Å². The fourth-order valence-electron chi connectivity index (χ4n) is 2.12. The Morgan fingerprint density at radius 1 is 1.19 bits per heavy atom. The van der Waals surface area contributed by atoms with Gasteiger partial charge in [-0.3, -0.25) is 9.59 Å². The fraction of sp³-hybridized carbons (Fsp3) is 0.222. The smallest absolute Gasteiger partial charge is 0.306 e. The van der Waals surface area contributed by atoms with Crippen molar-refractivity contribution in [1.29, 1.82) is 0 Å². The summed E-state index contributed by atoms with van der Waals surface area (Å²) in [5, 5.41) is 14.3. The SMILES string of the molecule is Cc1ccc(NC(=O)COC(=O)CCc2nnc(-c3ccsc3)o2)cc1. The van der Waals surface area contributed by atoms with Crippen LogP contribution in [0.15, 0.2) is 45.5 Å². The number of esters is 1. The molecule has 2 heterocycles. The number of hydrogen-bond donors (Lipinski definition) is 1. The minimum Gasteiger partial charge on any atom is -0.456 e. The van der Waals surface area contributed by atoms with Gasteiger partial charge in [-0.05, 0) is 30.5 Å². The molecule has 0 spiro atoms. The summed E-state index contributed by atoms with van der Waals surface area (Å²) in [5.74, 6) is -0.113. The Bertz CT molecular complexity index is 872. The van der Waals surface area contributed by atoms with Crippen LogP contribution in [0.1, 0.15) is 17.9 Å². The number of amides is 1. The van der Waals surface area contributed by atoms with Gasteiger partial charge in [0.25, 0.3) is 5.91 Å². The second-order valence-electron chi connectivity index (χ2n) is 5.59. The molecule has 0 saturated carbocycles. The van der Waals surface area contributed by atoms with E-state index in [4.69, 9.17) is 9.15 Å². The van der Waals surface area contributed by atoms with Gasteiger partial charge in [-0.2, -0.15) is 11.3 Å². The summed E-state index contributed by atoms with van der Waals surface area (Å²) in [4.78, 5) is 23.5. The molecule has 0 aliphatic carbocycles. The van der Waals surface area contributed by atoms with Gasteiger partial charge in [-0.15, -0.1) is 10.2 Å². The van der Waals surface area contributed by atoms with Gasteiger partial charge >= 0.3 is 5.97 Å². The number of aromatic nitrogens is 2. The summed E-state index contributed by atoms with van der Waals surface area (Å²) in [5.41, 5.74) is 2.60. The molecule has 0 aliphatic rings. The standard InChI is InChI=1S/C18H17N3O4S/c1-12-2-4-14(5-3-12)19-15(22)10-24-17(23)7-6-16-20-21-18(25-16)13-8-9-26-11-13/h2-5,8-9,11H,6-7,10H2,1H3,(H,19,22). The summed E-state index contributed by atoms with van der Waals surface area (Å²) >= 11 is 1.53. The van der Waals surface area contributed by atoms with E-state index in [0.29, 0.717) is 17.5 Å². The normalized spacial score (nSPS) is 10.5. The molecule has 0 saturated heterocycles. The number of rotatable bonds is 7. The minimum absolute atomic E-state index is 0.0586. The van der Waals surface area contributed by atoms with Gasteiger partial charge in [-0.1, -0.05) is 17.7 Å². The highest BCUT2D eigenvalue weighted by Crippen LogP contribution is 2.20. The number of ether oxygens (including phenoxy) is 1. The molecule has 0 radical (unpaired) electrons. The van der Waals surface area contributed by atoms with Crippen LogP contribution >= 0.6 is 11.3 Å². The van der Waals surface area contributed by atoms with E-state index in [-0.39, 0.29) is 25.4 Å². The van der Waals surface area contributed by atoms with Crippen LogP contribution in [0.5, 0.6) is 0 Å². The van der Waals surface area contributed by atoms with Crippen molar-refractivity contribution in [3.63, 3.8) is 0 Å². The van der Waals surface area contributed by atoms with Gasteiger partial charge in [-0.25, -0.2) is 0 Å². The Kier molecular flexibility index (Phi) is 5.75. The molecule has 7 nitrogen and oxygen atoms in total. The molecular weight excluding hydrogens is 354 g/mol. The second-order valence-corrected chi connectivity index (χ2v) is 6.37. The quantitative estimate of drug-likeness (QED) is 0.641. The topological polar surface area (TPSA) is 94.3 Å². The van der Waals surface area contributed by atoms with E-state index < -0.39 is 5.97 Å². The van der Waals surface area contributed by atoms with Crippen molar-refractivity contribution >= 4 is 28.9 Å². The average molecular weight is 371 g/mol. The van der Waals surface area contributed by atoms with Crippen molar-refractivity contribution in [3.05, 3.63) is 52.5 Å². The lowest BCUT2D eigenvalue weighted by Crippen LogP contribution is -2.21. The Morgan fingerprint density at radius 3 is 2.73 bits per heavy atom. The van der Waals surface area contributed by atoms with Gasteiger partial charge in [0.2, 0.25) is 11.8 Å². The van der Waals surface area contributed by atoms with E-state index in [9.17, 15) is 9.59 Å². The lowest BCUT2D eigenvalue weighted by molar-refractivity contribution is -0.147. The zero-order valence-electron chi connectivity index (χ0n) is 14.1. The number of carbonyl (C=O) groups excluding carboxylic acids is 2. The first-order chi connectivity index (χ1) is 12.6. The first kappa shape index (κ1) is 17.8. The van der Waals surface area contributed by atoms with Crippen molar-refractivity contribution in [3.8, 4) is 11.5 Å². The van der Waals surface area contributed by atoms with Crippen LogP contribution in [0.25, 0.3) is 11.5 Å². The summed E-state index contributed by atoms with van der Waals surface area (Å²) in [6.07, 6.45) is 0.318. The molecule has 0 fully saturated rings. The van der Waals surface area contributed by atoms with E-state index in [1.54, 1.807) is 12.1 Å². The molecule has 0 bridgehead atoms. The van der Waals surface area contributed by atoms with Crippen LogP contribution in [0.3, 0.4) is 0 Å². The van der Waals surface area contributed by atoms with E-state index >= 15 is 0 Å². The van der Waals surface area contributed by atoms with Crippen molar-refractivity contribution in [2.24, 2.45) is 0 Å². The summed E-state index contributed by atoms with van der Waals surface area (Å²) < 4.78 is 10.5. The van der Waals surface area contributed by atoms with Crippen LogP contribution in [-0.2, 0) is 20.7 Å². The molecule has 0 unspecified atom stereocenters. The number of carbonyl (C=O) groups is 2. The molecule has 134 valence electrons. The van der Waals surface area contributed by atoms with Crippen LogP contribution < -0.4 is 5.32 Å². The van der Waals surface area contributed by atoms with Gasteiger partial charge in [0.1, 0.15) is 0 Å². The molecule has 1 aromatic carbocycles. The number of nitrogens with zero attached hydrogens (tertiary/aromatic N) is 2. The van der Waals surface area contributed by atoms with Gasteiger partial charge in [0.15, 0.2) is 6.61 Å². The zero-order valence-corrected chi connectivity index (χ0v) is 14.9. The maximum absolute atomic E-state index is 11.8. The Hall–Kier alpha value is -3.00. The fourth-order valence-corrected chi connectivity index (χ4v) is 2.75. The summed E-state index contributed by atoms with van der Waals surface area (Å²) in [6.45, 7) is 1.62. The predicted octanol–water partition coefficient (Wildman–Crippen LogP) is 3.22. The van der Waals surface area contributed by atoms with Crippen LogP contribution in [-0.4, -0.2) is 28.7 Å². The first-order valence-corrected chi connectivity index (χ1v) is 8.91. The molecule has 8 heteroatoms. The zero-order chi connectivity index (χ0) is 18.4. The highest BCUT2D eigenvalue weighted by molar-refractivity contribution is 7.08. The van der Waals surface area contributed by atoms with Crippen molar-refractivity contribution in [1.82, 2.24) is 10.2 Å². The number of aryl methyl sites for hydroxylation is 2. The maximum Gasteiger partial charge on any atom is 0.306 e. The minimum atomic E-state index is -0.501. The summed E-state index contributed by atoms with van der Waals surface area (Å²) in [7, 11) is 0. The molecule has 0 atom stereocenters. The molecule has 26 heavy (non-hydrogen) atoms. The Labute approximate surface area is 154 Å². The van der Waals surface area contributed by atoms with Crippen molar-refractivity contribution in [2.75, 3.05) is 11.9 Å². The number of anilines is 1. The first-order valence-electron chi connectivity index (χ1n) is 7.97. The molecule has 1 amide bonds. The lowest BCUT2D eigenvalue weighted by Gasteiger charge is -2.06. The second kappa shape index (κ2) is 8.39. The molecule has 2 aromatic heterocycles. The Balaban J connectivity index is 1.40. The van der Waals surface area contributed by atoms with Gasteiger partial charge in [0.05, 0.1) is 6.42 Å². The third kappa shape index (κ3) is 5.00. The number of thiophene rings is 1. The van der Waals surface area contributed by atoms with E-state index in [2.05, 4.69) is 15.5 Å². The van der Waals surface area contributed by atoms with Crippen molar-refractivity contribution < 1.29 is 18.7 Å². The molecule has 0 aliphatic heterocycles. The maximum atomic E-state index is 11.8. The van der Waals surface area contributed by atoms with Crippen LogP contribution in [0.4, 0.5) is 5.69 Å². The van der Waals surface area contributed by atoms with Crippen LogP contribution in [0, 0.1) is 6.92 Å². The van der Waals surface area contributed by atoms with Gasteiger partial charge in [0, 0.05) is 23.1 Å². The average Bonchev–Trinajstić information content (AvgIpc) is 3.31.